The number of amides is 1. The highest BCUT2D eigenvalue weighted by Crippen LogP contribution is 2.19. The highest BCUT2D eigenvalue weighted by atomic mass is 35.5. The van der Waals surface area contributed by atoms with Crippen molar-refractivity contribution in [3.8, 4) is 0 Å². The zero-order valence-electron chi connectivity index (χ0n) is 19.1. The molecule has 3 aromatic rings. The van der Waals surface area contributed by atoms with Crippen molar-refractivity contribution >= 4 is 28.4 Å². The molecule has 1 amide bonds. The van der Waals surface area contributed by atoms with Crippen LogP contribution in [0.3, 0.4) is 0 Å². The molecule has 0 unspecified atom stereocenters. The minimum atomic E-state index is -0.367. The lowest BCUT2D eigenvalue weighted by Gasteiger charge is -2.27. The second-order valence-electron chi connectivity index (χ2n) is 8.93. The number of aromatic nitrogens is 1. The molecule has 0 atom stereocenters. The van der Waals surface area contributed by atoms with Crippen LogP contribution in [-0.4, -0.2) is 54.9 Å². The van der Waals surface area contributed by atoms with Gasteiger partial charge in [-0.1, -0.05) is 29.8 Å². The highest BCUT2D eigenvalue weighted by Gasteiger charge is 2.21. The summed E-state index contributed by atoms with van der Waals surface area (Å²) in [6.07, 6.45) is 3.90. The van der Waals surface area contributed by atoms with E-state index >= 15 is 0 Å². The summed E-state index contributed by atoms with van der Waals surface area (Å²) in [6, 6.07) is 13.4. The molecular weight excluding hydrogens is 452 g/mol. The van der Waals surface area contributed by atoms with Crippen molar-refractivity contribution in [1.29, 1.82) is 0 Å². The zero-order chi connectivity index (χ0) is 23.5. The van der Waals surface area contributed by atoms with Gasteiger partial charge in [0.15, 0.2) is 0 Å². The molecule has 2 saturated heterocycles. The smallest absolute Gasteiger partial charge is 0.257 e. The number of benzene rings is 2. The Kier molecular flexibility index (Phi) is 6.85. The molecule has 2 aromatic carbocycles. The lowest BCUT2D eigenvalue weighted by Crippen LogP contribution is -2.36. The van der Waals surface area contributed by atoms with Crippen molar-refractivity contribution < 1.29 is 9.53 Å². The van der Waals surface area contributed by atoms with Crippen molar-refractivity contribution in [2.45, 2.75) is 25.9 Å². The number of fused-ring (bicyclic) bond motifs is 1. The summed E-state index contributed by atoms with van der Waals surface area (Å²) in [4.78, 5) is 28.9. The van der Waals surface area contributed by atoms with Gasteiger partial charge in [0.25, 0.3) is 5.91 Å². The van der Waals surface area contributed by atoms with Gasteiger partial charge in [0, 0.05) is 55.9 Å². The number of hydrogen-bond acceptors (Lipinski definition) is 5. The maximum absolute atomic E-state index is 13.5. The normalized spacial score (nSPS) is 16.8. The van der Waals surface area contributed by atoms with E-state index in [9.17, 15) is 9.59 Å². The second-order valence-corrected chi connectivity index (χ2v) is 9.36. The molecule has 2 fully saturated rings. The van der Waals surface area contributed by atoms with Gasteiger partial charge in [-0.15, -0.1) is 0 Å². The van der Waals surface area contributed by atoms with Crippen LogP contribution in [0.2, 0.25) is 5.02 Å². The Bertz CT molecular complexity index is 1230. The van der Waals surface area contributed by atoms with E-state index in [1.165, 1.54) is 0 Å². The van der Waals surface area contributed by atoms with Gasteiger partial charge in [0.05, 0.1) is 18.7 Å². The number of pyridine rings is 1. The quantitative estimate of drug-likeness (QED) is 0.587. The van der Waals surface area contributed by atoms with E-state index in [0.29, 0.717) is 17.0 Å². The maximum Gasteiger partial charge on any atom is 0.257 e. The average Bonchev–Trinajstić information content (AvgIpc) is 3.39. The van der Waals surface area contributed by atoms with Gasteiger partial charge in [-0.3, -0.25) is 19.2 Å². The molecule has 8 heteroatoms. The summed E-state index contributed by atoms with van der Waals surface area (Å²) in [5, 5.41) is 6.33. The molecule has 0 aliphatic carbocycles. The van der Waals surface area contributed by atoms with Crippen LogP contribution in [0.15, 0.2) is 53.5 Å². The van der Waals surface area contributed by atoms with Crippen molar-refractivity contribution in [3.05, 3.63) is 80.6 Å². The number of carbonyl (C=O) groups is 1. The minimum Gasteiger partial charge on any atom is -0.379 e. The Morgan fingerprint density at radius 2 is 1.68 bits per heavy atom. The van der Waals surface area contributed by atoms with E-state index in [-0.39, 0.29) is 16.9 Å². The molecule has 1 aromatic heterocycles. The Morgan fingerprint density at radius 3 is 2.41 bits per heavy atom. The number of nitrogens with zero attached hydrogens (tertiary/aromatic N) is 3. The molecule has 2 aliphatic heterocycles. The average molecular weight is 481 g/mol. The largest absolute Gasteiger partial charge is 0.379 e. The van der Waals surface area contributed by atoms with Crippen LogP contribution < -0.4 is 15.8 Å². The third-order valence-electron chi connectivity index (χ3n) is 6.56. The molecule has 178 valence electrons. The fraction of sp³-hybridized carbons (Fsp3) is 0.385. The molecular formula is C26H29ClN4O3. The number of hydrogen-bond donors (Lipinski definition) is 1. The number of halogens is 1. The molecule has 1 N–H and O–H groups in total. The SMILES string of the molecule is O=C(NCc1ccc(Cl)cc1)c1cn(N2CCCC2)c2ccc(CN3CCOCC3)cc2c1=O. The second kappa shape index (κ2) is 10.2. The zero-order valence-corrected chi connectivity index (χ0v) is 19.9. The van der Waals surface area contributed by atoms with Gasteiger partial charge < -0.3 is 15.1 Å². The third kappa shape index (κ3) is 4.97. The summed E-state index contributed by atoms with van der Waals surface area (Å²) in [6.45, 7) is 6.11. The third-order valence-corrected chi connectivity index (χ3v) is 6.81. The lowest BCUT2D eigenvalue weighted by atomic mass is 10.1. The van der Waals surface area contributed by atoms with Gasteiger partial charge in [0.1, 0.15) is 5.56 Å². The molecule has 3 heterocycles. The monoisotopic (exact) mass is 480 g/mol. The molecule has 0 saturated carbocycles. The first-order valence-corrected chi connectivity index (χ1v) is 12.2. The van der Waals surface area contributed by atoms with Gasteiger partial charge in [-0.2, -0.15) is 0 Å². The predicted molar refractivity (Wildman–Crippen MR) is 134 cm³/mol. The Balaban J connectivity index is 1.48. The summed E-state index contributed by atoms with van der Waals surface area (Å²) in [5.74, 6) is -0.367. The topological polar surface area (TPSA) is 66.8 Å². The van der Waals surface area contributed by atoms with E-state index in [0.717, 1.165) is 75.4 Å². The van der Waals surface area contributed by atoms with E-state index in [1.54, 1.807) is 18.3 Å². The molecule has 0 radical (unpaired) electrons. The molecule has 5 rings (SSSR count). The number of ether oxygens (including phenoxy) is 1. The first-order chi connectivity index (χ1) is 16.6. The number of rotatable bonds is 6. The summed E-state index contributed by atoms with van der Waals surface area (Å²) in [5.41, 5.74) is 2.76. The number of carbonyl (C=O) groups excluding carboxylic acids is 1. The molecule has 0 bridgehead atoms. The van der Waals surface area contributed by atoms with Crippen LogP contribution in [-0.2, 0) is 17.8 Å². The highest BCUT2D eigenvalue weighted by molar-refractivity contribution is 6.30. The Hall–Kier alpha value is -2.87. The van der Waals surface area contributed by atoms with Crippen LogP contribution >= 0.6 is 11.6 Å². The van der Waals surface area contributed by atoms with Crippen LogP contribution in [0.25, 0.3) is 10.9 Å². The minimum absolute atomic E-state index is 0.164. The fourth-order valence-electron chi connectivity index (χ4n) is 4.67. The Morgan fingerprint density at radius 1 is 0.971 bits per heavy atom. The van der Waals surface area contributed by atoms with E-state index in [1.807, 2.05) is 28.9 Å². The standard InChI is InChI=1S/C26H29ClN4O3/c27-21-6-3-19(4-7-21)16-28-26(33)23-18-31(30-9-1-2-10-30)24-8-5-20(15-22(24)25(23)32)17-29-11-13-34-14-12-29/h3-8,15,18H,1-2,9-14,16-17H2,(H,28,33). The first kappa shape index (κ1) is 22.9. The van der Waals surface area contributed by atoms with Gasteiger partial charge >= 0.3 is 0 Å². The molecule has 7 nitrogen and oxygen atoms in total. The molecule has 34 heavy (non-hydrogen) atoms. The summed E-state index contributed by atoms with van der Waals surface area (Å²) < 4.78 is 7.45. The van der Waals surface area contributed by atoms with Crippen molar-refractivity contribution in [2.24, 2.45) is 0 Å². The van der Waals surface area contributed by atoms with Crippen molar-refractivity contribution in [3.63, 3.8) is 0 Å². The number of morpholine rings is 1. The first-order valence-electron chi connectivity index (χ1n) is 11.8. The molecule has 0 spiro atoms. The summed E-state index contributed by atoms with van der Waals surface area (Å²) >= 11 is 5.96. The van der Waals surface area contributed by atoms with Crippen LogP contribution in [0, 0.1) is 0 Å². The predicted octanol–water partition coefficient (Wildman–Crippen LogP) is 3.15. The van der Waals surface area contributed by atoms with Crippen LogP contribution in [0.4, 0.5) is 0 Å². The summed E-state index contributed by atoms with van der Waals surface area (Å²) in [7, 11) is 0. The van der Waals surface area contributed by atoms with Gasteiger partial charge in [-0.05, 0) is 48.2 Å². The Labute approximate surface area is 203 Å². The van der Waals surface area contributed by atoms with Gasteiger partial charge in [0.2, 0.25) is 5.43 Å². The molecule has 2 aliphatic rings. The maximum atomic E-state index is 13.5. The fourth-order valence-corrected chi connectivity index (χ4v) is 4.79. The van der Waals surface area contributed by atoms with Crippen molar-refractivity contribution in [2.75, 3.05) is 44.4 Å². The van der Waals surface area contributed by atoms with Crippen LogP contribution in [0.1, 0.15) is 34.3 Å². The van der Waals surface area contributed by atoms with Crippen molar-refractivity contribution in [1.82, 2.24) is 14.9 Å². The van der Waals surface area contributed by atoms with E-state index in [4.69, 9.17) is 16.3 Å². The van der Waals surface area contributed by atoms with Gasteiger partial charge in [-0.25, -0.2) is 0 Å². The van der Waals surface area contributed by atoms with E-state index in [2.05, 4.69) is 21.3 Å². The lowest BCUT2D eigenvalue weighted by molar-refractivity contribution is 0.0342. The number of nitrogens with one attached hydrogen (secondary N) is 1. The van der Waals surface area contributed by atoms with E-state index < -0.39 is 0 Å². The van der Waals surface area contributed by atoms with Crippen LogP contribution in [0.5, 0.6) is 0 Å².